The molecule has 0 aliphatic heterocycles. The van der Waals surface area contributed by atoms with Crippen LogP contribution in [0.15, 0.2) is 194 Å². The van der Waals surface area contributed by atoms with E-state index in [9.17, 15) is 0 Å². The summed E-state index contributed by atoms with van der Waals surface area (Å²) in [6, 6.07) is 71.5. The summed E-state index contributed by atoms with van der Waals surface area (Å²) in [5.41, 5.74) is 9.88. The van der Waals surface area contributed by atoms with Gasteiger partial charge in [-0.05, 0) is 129 Å². The SMILES string of the molecule is c1ccc2cc(-c3cccc4ccc(-c5ccc6c(-c7ccc8ccccc8c7)ccc(-c7ccc8ccccc8c7)c6c5)cc34)ccc2c1. The maximum Gasteiger partial charge on any atom is -0.00930 e. The van der Waals surface area contributed by atoms with Gasteiger partial charge in [-0.2, -0.15) is 0 Å². The summed E-state index contributed by atoms with van der Waals surface area (Å²) >= 11 is 0. The lowest BCUT2D eigenvalue weighted by atomic mass is 9.88. The van der Waals surface area contributed by atoms with Crippen molar-refractivity contribution in [2.24, 2.45) is 0 Å². The molecule has 0 atom stereocenters. The normalized spacial score (nSPS) is 11.6. The molecule has 50 heavy (non-hydrogen) atoms. The minimum atomic E-state index is 1.21. The molecule has 10 rings (SSSR count). The Morgan fingerprint density at radius 2 is 0.560 bits per heavy atom. The monoisotopic (exact) mass is 632 g/mol. The second-order valence-electron chi connectivity index (χ2n) is 13.3. The quantitative estimate of drug-likeness (QED) is 0.181. The summed E-state index contributed by atoms with van der Waals surface area (Å²) in [6.07, 6.45) is 0. The van der Waals surface area contributed by atoms with Crippen molar-refractivity contribution in [3.05, 3.63) is 194 Å². The molecule has 232 valence electrons. The number of benzene rings is 10. The molecule has 0 nitrogen and oxygen atoms in total. The Labute approximate surface area is 291 Å². The fraction of sp³-hybridized carbons (Fsp3) is 0. The highest BCUT2D eigenvalue weighted by Gasteiger charge is 2.14. The second-order valence-corrected chi connectivity index (χ2v) is 13.3. The van der Waals surface area contributed by atoms with Crippen molar-refractivity contribution in [1.82, 2.24) is 0 Å². The third-order valence-electron chi connectivity index (χ3n) is 10.4. The van der Waals surface area contributed by atoms with Crippen molar-refractivity contribution in [3.63, 3.8) is 0 Å². The lowest BCUT2D eigenvalue weighted by molar-refractivity contribution is 1.63. The summed E-state index contributed by atoms with van der Waals surface area (Å²) in [4.78, 5) is 0. The molecular weight excluding hydrogens is 601 g/mol. The zero-order valence-electron chi connectivity index (χ0n) is 27.5. The van der Waals surface area contributed by atoms with Gasteiger partial charge in [0, 0.05) is 0 Å². The van der Waals surface area contributed by atoms with Crippen molar-refractivity contribution in [2.75, 3.05) is 0 Å². The first-order valence-electron chi connectivity index (χ1n) is 17.3. The number of rotatable bonds is 4. The molecule has 0 N–H and O–H groups in total. The first-order chi connectivity index (χ1) is 24.7. The van der Waals surface area contributed by atoms with Crippen molar-refractivity contribution < 1.29 is 0 Å². The van der Waals surface area contributed by atoms with Gasteiger partial charge < -0.3 is 0 Å². The Morgan fingerprint density at radius 3 is 1.10 bits per heavy atom. The van der Waals surface area contributed by atoms with Gasteiger partial charge in [-0.1, -0.05) is 164 Å². The highest BCUT2D eigenvalue weighted by atomic mass is 14.2. The van der Waals surface area contributed by atoms with Gasteiger partial charge in [0.2, 0.25) is 0 Å². The lowest BCUT2D eigenvalue weighted by Gasteiger charge is -2.16. The Balaban J connectivity index is 1.17. The standard InChI is InChI=1S/C50H32/c1-4-11-37-28-42(21-16-33(37)8-1)45-15-7-14-36-19-20-40(31-49(36)45)41-24-25-48-46(43-22-17-34-9-2-5-12-38(34)29-43)26-27-47(50(48)32-41)44-23-18-35-10-3-6-13-39(35)30-44/h1-32H. The molecule has 0 spiro atoms. The first kappa shape index (κ1) is 28.5. The topological polar surface area (TPSA) is 0 Å². The molecule has 0 aliphatic carbocycles. The molecule has 0 radical (unpaired) electrons. The van der Waals surface area contributed by atoms with Gasteiger partial charge in [-0.15, -0.1) is 0 Å². The predicted octanol–water partition coefficient (Wildman–Crippen LogP) is 14.1. The Hall–Kier alpha value is -6.50. The third-order valence-corrected chi connectivity index (χ3v) is 10.4. The van der Waals surface area contributed by atoms with E-state index in [4.69, 9.17) is 0 Å². The number of hydrogen-bond acceptors (Lipinski definition) is 0. The molecule has 0 saturated heterocycles. The molecular formula is C50H32. The van der Waals surface area contributed by atoms with Crippen LogP contribution in [0.25, 0.3) is 98.4 Å². The van der Waals surface area contributed by atoms with Gasteiger partial charge in [-0.25, -0.2) is 0 Å². The maximum atomic E-state index is 2.41. The van der Waals surface area contributed by atoms with Crippen LogP contribution in [0.4, 0.5) is 0 Å². The molecule has 0 aliphatic rings. The van der Waals surface area contributed by atoms with Crippen molar-refractivity contribution in [2.45, 2.75) is 0 Å². The van der Waals surface area contributed by atoms with E-state index in [0.717, 1.165) is 0 Å². The second kappa shape index (κ2) is 11.6. The van der Waals surface area contributed by atoms with E-state index in [2.05, 4.69) is 194 Å². The molecule has 0 heterocycles. The van der Waals surface area contributed by atoms with Crippen LogP contribution in [-0.2, 0) is 0 Å². The fourth-order valence-electron chi connectivity index (χ4n) is 7.81. The average molecular weight is 633 g/mol. The maximum absolute atomic E-state index is 2.41. The average Bonchev–Trinajstić information content (AvgIpc) is 3.19. The van der Waals surface area contributed by atoms with Gasteiger partial charge in [0.15, 0.2) is 0 Å². The van der Waals surface area contributed by atoms with Gasteiger partial charge in [-0.3, -0.25) is 0 Å². The summed E-state index contributed by atoms with van der Waals surface area (Å²) in [6.45, 7) is 0. The predicted molar refractivity (Wildman–Crippen MR) is 216 cm³/mol. The van der Waals surface area contributed by atoms with E-state index in [1.807, 2.05) is 0 Å². The zero-order valence-corrected chi connectivity index (χ0v) is 27.5. The molecule has 0 bridgehead atoms. The third kappa shape index (κ3) is 4.85. The van der Waals surface area contributed by atoms with E-state index in [-0.39, 0.29) is 0 Å². The number of hydrogen-bond donors (Lipinski definition) is 0. The van der Waals surface area contributed by atoms with Gasteiger partial charge in [0.05, 0.1) is 0 Å². The first-order valence-corrected chi connectivity index (χ1v) is 17.3. The Morgan fingerprint density at radius 1 is 0.180 bits per heavy atom. The van der Waals surface area contributed by atoms with E-state index < -0.39 is 0 Å². The van der Waals surface area contributed by atoms with Crippen LogP contribution in [0.5, 0.6) is 0 Å². The van der Waals surface area contributed by atoms with Crippen molar-refractivity contribution >= 4 is 53.9 Å². The molecule has 0 amide bonds. The van der Waals surface area contributed by atoms with Gasteiger partial charge in [0.25, 0.3) is 0 Å². The fourth-order valence-corrected chi connectivity index (χ4v) is 7.81. The largest absolute Gasteiger partial charge is 0.0616 e. The summed E-state index contributed by atoms with van der Waals surface area (Å²) < 4.78 is 0. The minimum Gasteiger partial charge on any atom is -0.0616 e. The highest BCUT2D eigenvalue weighted by molar-refractivity contribution is 6.09. The molecule has 10 aromatic carbocycles. The van der Waals surface area contributed by atoms with Gasteiger partial charge >= 0.3 is 0 Å². The zero-order chi connectivity index (χ0) is 33.0. The highest BCUT2D eigenvalue weighted by Crippen LogP contribution is 2.40. The van der Waals surface area contributed by atoms with Crippen LogP contribution in [0, 0.1) is 0 Å². The number of fused-ring (bicyclic) bond motifs is 5. The van der Waals surface area contributed by atoms with Crippen LogP contribution in [0.1, 0.15) is 0 Å². The summed E-state index contributed by atoms with van der Waals surface area (Å²) in [5.74, 6) is 0. The smallest absolute Gasteiger partial charge is 0.00930 e. The van der Waals surface area contributed by atoms with Crippen molar-refractivity contribution in [3.8, 4) is 44.5 Å². The van der Waals surface area contributed by atoms with E-state index >= 15 is 0 Å². The molecule has 0 heteroatoms. The van der Waals surface area contributed by atoms with Crippen LogP contribution in [0.2, 0.25) is 0 Å². The lowest BCUT2D eigenvalue weighted by Crippen LogP contribution is -1.89. The molecule has 0 saturated carbocycles. The van der Waals surface area contributed by atoms with E-state index in [1.165, 1.54) is 98.4 Å². The van der Waals surface area contributed by atoms with Crippen molar-refractivity contribution in [1.29, 1.82) is 0 Å². The molecule has 0 unspecified atom stereocenters. The summed E-state index contributed by atoms with van der Waals surface area (Å²) in [5, 5.41) is 12.6. The van der Waals surface area contributed by atoms with Gasteiger partial charge in [0.1, 0.15) is 0 Å². The van der Waals surface area contributed by atoms with Crippen LogP contribution < -0.4 is 0 Å². The van der Waals surface area contributed by atoms with E-state index in [1.54, 1.807) is 0 Å². The molecule has 0 aromatic heterocycles. The minimum absolute atomic E-state index is 1.21. The van der Waals surface area contributed by atoms with Crippen LogP contribution in [0.3, 0.4) is 0 Å². The molecule has 0 fully saturated rings. The summed E-state index contributed by atoms with van der Waals surface area (Å²) in [7, 11) is 0. The van der Waals surface area contributed by atoms with E-state index in [0.29, 0.717) is 0 Å². The Bertz CT molecular complexity index is 2930. The van der Waals surface area contributed by atoms with Crippen LogP contribution in [-0.4, -0.2) is 0 Å². The van der Waals surface area contributed by atoms with Crippen LogP contribution >= 0.6 is 0 Å². The Kier molecular flexibility index (Phi) is 6.60. The molecule has 10 aromatic rings.